The number of carbonyl (C=O) groups excluding carboxylic acids is 1. The van der Waals surface area contributed by atoms with Crippen LogP contribution in [-0.4, -0.2) is 40.6 Å². The molecule has 0 saturated carbocycles. The predicted octanol–water partition coefficient (Wildman–Crippen LogP) is 5.38. The molecule has 1 amide bonds. The Hall–Kier alpha value is -2.60. The SMILES string of the molecule is CC(C)CCN(CCC(=O)O)C(=O)c1ccc2c(c1)C[C@](C)(Cc1ccc(F)c(Cl)c1)O2. The molecule has 0 radical (unpaired) electrons. The number of halogens is 2. The van der Waals surface area contributed by atoms with Crippen LogP contribution in [-0.2, 0) is 17.6 Å². The van der Waals surface area contributed by atoms with E-state index in [1.54, 1.807) is 29.2 Å². The lowest BCUT2D eigenvalue weighted by molar-refractivity contribution is -0.137. The minimum absolute atomic E-state index is 0.0809. The Balaban J connectivity index is 1.75. The van der Waals surface area contributed by atoms with Gasteiger partial charge in [0.25, 0.3) is 5.91 Å². The second kappa shape index (κ2) is 9.90. The van der Waals surface area contributed by atoms with Crippen LogP contribution in [0.15, 0.2) is 36.4 Å². The van der Waals surface area contributed by atoms with Crippen LogP contribution in [0.1, 0.15) is 55.1 Å². The monoisotopic (exact) mass is 461 g/mol. The van der Waals surface area contributed by atoms with E-state index in [1.807, 2.05) is 13.0 Å². The van der Waals surface area contributed by atoms with Crippen LogP contribution in [0.5, 0.6) is 5.75 Å². The average molecular weight is 462 g/mol. The molecule has 0 unspecified atom stereocenters. The maximum absolute atomic E-state index is 13.5. The van der Waals surface area contributed by atoms with Gasteiger partial charge in [0.1, 0.15) is 17.2 Å². The van der Waals surface area contributed by atoms with E-state index in [2.05, 4.69) is 13.8 Å². The molecule has 1 aliphatic rings. The summed E-state index contributed by atoms with van der Waals surface area (Å²) >= 11 is 5.91. The van der Waals surface area contributed by atoms with Crippen LogP contribution >= 0.6 is 11.6 Å². The van der Waals surface area contributed by atoms with E-state index in [1.165, 1.54) is 6.07 Å². The van der Waals surface area contributed by atoms with Gasteiger partial charge in [-0.2, -0.15) is 0 Å². The summed E-state index contributed by atoms with van der Waals surface area (Å²) in [6.07, 6.45) is 1.86. The van der Waals surface area contributed by atoms with Gasteiger partial charge in [0, 0.05) is 31.5 Å². The van der Waals surface area contributed by atoms with E-state index in [-0.39, 0.29) is 23.9 Å². The van der Waals surface area contributed by atoms with Gasteiger partial charge in [0.2, 0.25) is 0 Å². The average Bonchev–Trinajstić information content (AvgIpc) is 3.04. The number of benzene rings is 2. The largest absolute Gasteiger partial charge is 0.487 e. The molecule has 1 aliphatic heterocycles. The summed E-state index contributed by atoms with van der Waals surface area (Å²) in [6.45, 7) is 6.81. The molecule has 0 saturated heterocycles. The number of hydrogen-bond acceptors (Lipinski definition) is 3. The van der Waals surface area contributed by atoms with Crippen molar-refractivity contribution in [3.63, 3.8) is 0 Å². The summed E-state index contributed by atoms with van der Waals surface area (Å²) in [5.41, 5.74) is 1.78. The molecule has 7 heteroatoms. The first kappa shape index (κ1) is 24.1. The Morgan fingerprint density at radius 2 is 1.97 bits per heavy atom. The maximum Gasteiger partial charge on any atom is 0.305 e. The molecule has 172 valence electrons. The molecular formula is C25H29ClFNO4. The fourth-order valence-electron chi connectivity index (χ4n) is 3.98. The second-order valence-corrected chi connectivity index (χ2v) is 9.50. The molecule has 1 heterocycles. The number of rotatable bonds is 9. The van der Waals surface area contributed by atoms with Gasteiger partial charge in [-0.3, -0.25) is 9.59 Å². The van der Waals surface area contributed by atoms with Crippen molar-refractivity contribution in [2.24, 2.45) is 5.92 Å². The van der Waals surface area contributed by atoms with Crippen molar-refractivity contribution >= 4 is 23.5 Å². The zero-order chi connectivity index (χ0) is 23.5. The number of fused-ring (bicyclic) bond motifs is 1. The van der Waals surface area contributed by atoms with E-state index in [4.69, 9.17) is 21.4 Å². The van der Waals surface area contributed by atoms with Crippen LogP contribution in [0.3, 0.4) is 0 Å². The van der Waals surface area contributed by atoms with E-state index >= 15 is 0 Å². The molecule has 3 rings (SSSR count). The molecule has 0 bridgehead atoms. The number of carbonyl (C=O) groups is 2. The Bertz CT molecular complexity index is 1010. The number of hydrogen-bond donors (Lipinski definition) is 1. The summed E-state index contributed by atoms with van der Waals surface area (Å²) in [5.74, 6) is -0.426. The van der Waals surface area contributed by atoms with Crippen molar-refractivity contribution in [3.8, 4) is 5.75 Å². The number of amides is 1. The van der Waals surface area contributed by atoms with Gasteiger partial charge >= 0.3 is 5.97 Å². The summed E-state index contributed by atoms with van der Waals surface area (Å²) in [4.78, 5) is 25.8. The molecule has 0 aliphatic carbocycles. The molecular weight excluding hydrogens is 433 g/mol. The lowest BCUT2D eigenvalue weighted by Crippen LogP contribution is -2.34. The van der Waals surface area contributed by atoms with Gasteiger partial charge < -0.3 is 14.7 Å². The van der Waals surface area contributed by atoms with Crippen LogP contribution in [0.2, 0.25) is 5.02 Å². The van der Waals surface area contributed by atoms with Crippen LogP contribution in [0, 0.1) is 11.7 Å². The third kappa shape index (κ3) is 6.00. The predicted molar refractivity (Wildman–Crippen MR) is 122 cm³/mol. The Kier molecular flexibility index (Phi) is 7.44. The number of nitrogens with zero attached hydrogens (tertiary/aromatic N) is 1. The molecule has 2 aromatic carbocycles. The van der Waals surface area contributed by atoms with Crippen molar-refractivity contribution in [1.82, 2.24) is 4.90 Å². The van der Waals surface area contributed by atoms with Gasteiger partial charge in [0.15, 0.2) is 0 Å². The normalized spacial score (nSPS) is 17.2. The third-order valence-electron chi connectivity index (χ3n) is 5.65. The van der Waals surface area contributed by atoms with E-state index in [0.717, 1.165) is 23.3 Å². The topological polar surface area (TPSA) is 66.8 Å². The minimum Gasteiger partial charge on any atom is -0.487 e. The lowest BCUT2D eigenvalue weighted by Gasteiger charge is -2.24. The van der Waals surface area contributed by atoms with Gasteiger partial charge in [-0.25, -0.2) is 4.39 Å². The lowest BCUT2D eigenvalue weighted by atomic mass is 9.91. The van der Waals surface area contributed by atoms with Crippen molar-refractivity contribution in [1.29, 1.82) is 0 Å². The van der Waals surface area contributed by atoms with Crippen LogP contribution in [0.25, 0.3) is 0 Å². The Morgan fingerprint density at radius 3 is 2.62 bits per heavy atom. The molecule has 2 aromatic rings. The Morgan fingerprint density at radius 1 is 1.22 bits per heavy atom. The molecule has 32 heavy (non-hydrogen) atoms. The second-order valence-electron chi connectivity index (χ2n) is 9.09. The summed E-state index contributed by atoms with van der Waals surface area (Å²) in [7, 11) is 0. The highest BCUT2D eigenvalue weighted by Crippen LogP contribution is 2.38. The van der Waals surface area contributed by atoms with Gasteiger partial charge in [-0.05, 0) is 60.7 Å². The fourth-order valence-corrected chi connectivity index (χ4v) is 4.18. The van der Waals surface area contributed by atoms with Crippen LogP contribution < -0.4 is 4.74 Å². The van der Waals surface area contributed by atoms with Crippen molar-refractivity contribution in [2.75, 3.05) is 13.1 Å². The van der Waals surface area contributed by atoms with Crippen molar-refractivity contribution in [2.45, 2.75) is 52.1 Å². The molecule has 0 fully saturated rings. The summed E-state index contributed by atoms with van der Waals surface area (Å²) in [5, 5.41) is 9.13. The van der Waals surface area contributed by atoms with E-state index < -0.39 is 17.4 Å². The number of ether oxygens (including phenoxy) is 1. The van der Waals surface area contributed by atoms with Crippen LogP contribution in [0.4, 0.5) is 4.39 Å². The van der Waals surface area contributed by atoms with Crippen molar-refractivity contribution < 1.29 is 23.8 Å². The zero-order valence-electron chi connectivity index (χ0n) is 18.7. The quantitative estimate of drug-likeness (QED) is 0.544. The van der Waals surface area contributed by atoms with Crippen molar-refractivity contribution in [3.05, 3.63) is 63.9 Å². The van der Waals surface area contributed by atoms with Gasteiger partial charge in [-0.15, -0.1) is 0 Å². The molecule has 0 aromatic heterocycles. The Labute approximate surface area is 193 Å². The molecule has 1 N–H and O–H groups in total. The fraction of sp³-hybridized carbons (Fsp3) is 0.440. The molecule has 1 atom stereocenters. The highest BCUT2D eigenvalue weighted by atomic mass is 35.5. The maximum atomic E-state index is 13.5. The first-order valence-corrected chi connectivity index (χ1v) is 11.2. The smallest absolute Gasteiger partial charge is 0.305 e. The molecule has 0 spiro atoms. The van der Waals surface area contributed by atoms with Gasteiger partial charge in [-0.1, -0.05) is 31.5 Å². The van der Waals surface area contributed by atoms with Gasteiger partial charge in [0.05, 0.1) is 11.4 Å². The molecule has 5 nitrogen and oxygen atoms in total. The standard InChI is InChI=1S/C25H29ClFNO4/c1-16(2)8-10-28(11-9-23(29)30)24(31)18-5-7-22-19(13-18)15-25(3,32-22)14-17-4-6-21(27)20(26)12-17/h4-7,12-13,16H,8-11,14-15H2,1-3H3,(H,29,30)/t25-/m0/s1. The number of carboxylic acids is 1. The summed E-state index contributed by atoms with van der Waals surface area (Å²) < 4.78 is 19.7. The van der Waals surface area contributed by atoms with E-state index in [0.29, 0.717) is 30.9 Å². The number of carboxylic acid groups (broad SMARTS) is 1. The first-order chi connectivity index (χ1) is 15.1. The highest BCUT2D eigenvalue weighted by Gasteiger charge is 2.35. The third-order valence-corrected chi connectivity index (χ3v) is 5.94. The first-order valence-electron chi connectivity index (χ1n) is 10.8. The number of aliphatic carboxylic acids is 1. The minimum atomic E-state index is -0.925. The highest BCUT2D eigenvalue weighted by molar-refractivity contribution is 6.30. The zero-order valence-corrected chi connectivity index (χ0v) is 19.4. The summed E-state index contributed by atoms with van der Waals surface area (Å²) in [6, 6.07) is 10.0. The van der Waals surface area contributed by atoms with E-state index in [9.17, 15) is 14.0 Å².